The van der Waals surface area contributed by atoms with E-state index in [-0.39, 0.29) is 11.7 Å². The van der Waals surface area contributed by atoms with Gasteiger partial charge in [0.25, 0.3) is 5.91 Å². The van der Waals surface area contributed by atoms with Gasteiger partial charge in [-0.05, 0) is 55.0 Å². The van der Waals surface area contributed by atoms with E-state index in [0.29, 0.717) is 22.7 Å². The first-order chi connectivity index (χ1) is 11.6. The average Bonchev–Trinajstić information content (AvgIpc) is 2.55. The van der Waals surface area contributed by atoms with Crippen LogP contribution in [0.1, 0.15) is 15.9 Å². The van der Waals surface area contributed by atoms with Gasteiger partial charge < -0.3 is 10.1 Å². The van der Waals surface area contributed by atoms with Crippen molar-refractivity contribution in [3.63, 3.8) is 0 Å². The molecule has 3 aromatic rings. The molecule has 4 heteroatoms. The number of ether oxygens (including phenoxy) is 1. The standard InChI is InChI=1S/C20H16FNO2/c1-14-11-15(21)13-16(12-14)22-20(23)18-9-5-6-10-19(18)24-17-7-3-2-4-8-17/h2-13H,1H3,(H,22,23). The fourth-order valence-electron chi connectivity index (χ4n) is 2.37. The van der Waals surface area contributed by atoms with Gasteiger partial charge in [-0.25, -0.2) is 4.39 Å². The SMILES string of the molecule is Cc1cc(F)cc(NC(=O)c2ccccc2Oc2ccccc2)c1. The van der Waals surface area contributed by atoms with Gasteiger partial charge in [0.1, 0.15) is 17.3 Å². The summed E-state index contributed by atoms with van der Waals surface area (Å²) in [6.07, 6.45) is 0. The number of carbonyl (C=O) groups is 1. The smallest absolute Gasteiger partial charge is 0.259 e. The van der Waals surface area contributed by atoms with Crippen LogP contribution in [0.2, 0.25) is 0 Å². The highest BCUT2D eigenvalue weighted by Gasteiger charge is 2.13. The number of anilines is 1. The number of amides is 1. The number of aryl methyl sites for hydroxylation is 1. The number of para-hydroxylation sites is 2. The van der Waals surface area contributed by atoms with E-state index in [1.807, 2.05) is 30.3 Å². The summed E-state index contributed by atoms with van der Waals surface area (Å²) in [4.78, 5) is 12.5. The van der Waals surface area contributed by atoms with Gasteiger partial charge in [-0.15, -0.1) is 0 Å². The lowest BCUT2D eigenvalue weighted by Crippen LogP contribution is -2.13. The molecule has 0 radical (unpaired) electrons. The minimum atomic E-state index is -0.390. The molecule has 0 aliphatic carbocycles. The summed E-state index contributed by atoms with van der Waals surface area (Å²) in [6.45, 7) is 1.77. The molecule has 0 aromatic heterocycles. The Labute approximate surface area is 139 Å². The zero-order valence-electron chi connectivity index (χ0n) is 13.1. The van der Waals surface area contributed by atoms with Crippen LogP contribution in [0.15, 0.2) is 72.8 Å². The number of halogens is 1. The van der Waals surface area contributed by atoms with Crippen molar-refractivity contribution in [3.8, 4) is 11.5 Å². The zero-order valence-corrected chi connectivity index (χ0v) is 13.1. The van der Waals surface area contributed by atoms with Crippen molar-refractivity contribution >= 4 is 11.6 Å². The first kappa shape index (κ1) is 15.7. The third-order valence-electron chi connectivity index (χ3n) is 3.40. The summed E-state index contributed by atoms with van der Waals surface area (Å²) in [5, 5.41) is 2.71. The molecule has 24 heavy (non-hydrogen) atoms. The first-order valence-electron chi connectivity index (χ1n) is 7.52. The van der Waals surface area contributed by atoms with E-state index >= 15 is 0 Å². The Hall–Kier alpha value is -3.14. The molecule has 0 fully saturated rings. The van der Waals surface area contributed by atoms with Crippen LogP contribution < -0.4 is 10.1 Å². The Balaban J connectivity index is 1.85. The summed E-state index contributed by atoms with van der Waals surface area (Å²) in [6, 6.07) is 20.5. The van der Waals surface area contributed by atoms with Crippen molar-refractivity contribution in [2.24, 2.45) is 0 Å². The lowest BCUT2D eigenvalue weighted by molar-refractivity contribution is 0.102. The van der Waals surface area contributed by atoms with Crippen LogP contribution in [0.25, 0.3) is 0 Å². The molecule has 0 saturated carbocycles. The predicted molar refractivity (Wildman–Crippen MR) is 92.0 cm³/mol. The molecular weight excluding hydrogens is 305 g/mol. The summed E-state index contributed by atoms with van der Waals surface area (Å²) in [5.41, 5.74) is 1.52. The molecule has 0 spiro atoms. The van der Waals surface area contributed by atoms with Crippen molar-refractivity contribution in [2.45, 2.75) is 6.92 Å². The fraction of sp³-hybridized carbons (Fsp3) is 0.0500. The van der Waals surface area contributed by atoms with Crippen molar-refractivity contribution in [1.82, 2.24) is 0 Å². The van der Waals surface area contributed by atoms with Crippen LogP contribution >= 0.6 is 0 Å². The van der Waals surface area contributed by atoms with Crippen LogP contribution in [-0.4, -0.2) is 5.91 Å². The van der Waals surface area contributed by atoms with Crippen LogP contribution in [0.4, 0.5) is 10.1 Å². The number of nitrogens with one attached hydrogen (secondary N) is 1. The summed E-state index contributed by atoms with van der Waals surface area (Å²) in [7, 11) is 0. The van der Waals surface area contributed by atoms with Crippen LogP contribution in [0.5, 0.6) is 11.5 Å². The van der Waals surface area contributed by atoms with E-state index in [2.05, 4.69) is 5.32 Å². The van der Waals surface area contributed by atoms with Crippen molar-refractivity contribution in [1.29, 1.82) is 0 Å². The molecule has 0 bridgehead atoms. The number of carbonyl (C=O) groups excluding carboxylic acids is 1. The maximum absolute atomic E-state index is 13.5. The second kappa shape index (κ2) is 6.96. The molecule has 0 saturated heterocycles. The van der Waals surface area contributed by atoms with E-state index in [1.54, 1.807) is 37.3 Å². The van der Waals surface area contributed by atoms with Gasteiger partial charge >= 0.3 is 0 Å². The Morgan fingerprint density at radius 1 is 0.958 bits per heavy atom. The van der Waals surface area contributed by atoms with E-state index < -0.39 is 0 Å². The highest BCUT2D eigenvalue weighted by atomic mass is 19.1. The van der Waals surface area contributed by atoms with Gasteiger partial charge in [-0.2, -0.15) is 0 Å². The molecule has 3 rings (SSSR count). The lowest BCUT2D eigenvalue weighted by Gasteiger charge is -2.12. The maximum atomic E-state index is 13.5. The molecule has 120 valence electrons. The molecule has 0 aliphatic rings. The molecule has 1 N–H and O–H groups in total. The Morgan fingerprint density at radius 2 is 1.67 bits per heavy atom. The van der Waals surface area contributed by atoms with Gasteiger partial charge in [0.05, 0.1) is 5.56 Å². The molecule has 0 heterocycles. The van der Waals surface area contributed by atoms with E-state index in [1.165, 1.54) is 12.1 Å². The van der Waals surface area contributed by atoms with Crippen molar-refractivity contribution in [3.05, 3.63) is 89.7 Å². The largest absolute Gasteiger partial charge is 0.457 e. The van der Waals surface area contributed by atoms with Crippen molar-refractivity contribution in [2.75, 3.05) is 5.32 Å². The molecule has 0 unspecified atom stereocenters. The monoisotopic (exact) mass is 321 g/mol. The quantitative estimate of drug-likeness (QED) is 0.719. The minimum Gasteiger partial charge on any atom is -0.457 e. The summed E-state index contributed by atoms with van der Waals surface area (Å²) >= 11 is 0. The van der Waals surface area contributed by atoms with Gasteiger partial charge in [0.2, 0.25) is 0 Å². The van der Waals surface area contributed by atoms with Crippen molar-refractivity contribution < 1.29 is 13.9 Å². The third-order valence-corrected chi connectivity index (χ3v) is 3.40. The highest BCUT2D eigenvalue weighted by molar-refractivity contribution is 6.06. The molecular formula is C20H16FNO2. The van der Waals surface area contributed by atoms with E-state index in [0.717, 1.165) is 5.56 Å². The average molecular weight is 321 g/mol. The van der Waals surface area contributed by atoms with Crippen LogP contribution in [0.3, 0.4) is 0 Å². The highest BCUT2D eigenvalue weighted by Crippen LogP contribution is 2.26. The second-order valence-corrected chi connectivity index (χ2v) is 5.38. The number of benzene rings is 3. The minimum absolute atomic E-state index is 0.355. The number of rotatable bonds is 4. The summed E-state index contributed by atoms with van der Waals surface area (Å²) < 4.78 is 19.3. The van der Waals surface area contributed by atoms with Gasteiger partial charge in [0.15, 0.2) is 0 Å². The Morgan fingerprint density at radius 3 is 2.42 bits per heavy atom. The lowest BCUT2D eigenvalue weighted by atomic mass is 10.1. The van der Waals surface area contributed by atoms with Gasteiger partial charge in [0, 0.05) is 5.69 Å². The zero-order chi connectivity index (χ0) is 16.9. The molecule has 3 aromatic carbocycles. The topological polar surface area (TPSA) is 38.3 Å². The summed E-state index contributed by atoms with van der Waals surface area (Å²) in [5.74, 6) is 0.333. The Kier molecular flexibility index (Phi) is 4.57. The Bertz CT molecular complexity index is 842. The molecule has 3 nitrogen and oxygen atoms in total. The normalized spacial score (nSPS) is 10.2. The number of hydrogen-bond acceptors (Lipinski definition) is 2. The molecule has 1 amide bonds. The predicted octanol–water partition coefficient (Wildman–Crippen LogP) is 5.18. The van der Waals surface area contributed by atoms with Gasteiger partial charge in [-0.3, -0.25) is 4.79 Å². The van der Waals surface area contributed by atoms with E-state index in [9.17, 15) is 9.18 Å². The first-order valence-corrected chi connectivity index (χ1v) is 7.52. The van der Waals surface area contributed by atoms with Gasteiger partial charge in [-0.1, -0.05) is 30.3 Å². The van der Waals surface area contributed by atoms with Crippen LogP contribution in [-0.2, 0) is 0 Å². The third kappa shape index (κ3) is 3.79. The fourth-order valence-corrected chi connectivity index (χ4v) is 2.37. The number of hydrogen-bond donors (Lipinski definition) is 1. The second-order valence-electron chi connectivity index (χ2n) is 5.38. The van der Waals surface area contributed by atoms with E-state index in [4.69, 9.17) is 4.74 Å². The molecule has 0 aliphatic heterocycles. The maximum Gasteiger partial charge on any atom is 0.259 e. The molecule has 0 atom stereocenters. The van der Waals surface area contributed by atoms with Crippen LogP contribution in [0, 0.1) is 12.7 Å².